The van der Waals surface area contributed by atoms with Crippen molar-refractivity contribution in [2.45, 2.75) is 25.7 Å². The van der Waals surface area contributed by atoms with E-state index in [9.17, 15) is 0 Å². The SMILES string of the molecule is CC1CC1c1ccc(CC#N)o1. The van der Waals surface area contributed by atoms with E-state index in [4.69, 9.17) is 9.68 Å². The van der Waals surface area contributed by atoms with Crippen molar-refractivity contribution in [2.24, 2.45) is 5.92 Å². The molecule has 2 unspecified atom stereocenters. The molecule has 1 saturated carbocycles. The van der Waals surface area contributed by atoms with E-state index >= 15 is 0 Å². The minimum Gasteiger partial charge on any atom is -0.465 e. The summed E-state index contributed by atoms with van der Waals surface area (Å²) in [6.07, 6.45) is 1.63. The third-order valence-corrected chi connectivity index (χ3v) is 2.41. The van der Waals surface area contributed by atoms with Crippen LogP contribution in [0.5, 0.6) is 0 Å². The molecule has 1 aromatic heterocycles. The molecule has 12 heavy (non-hydrogen) atoms. The van der Waals surface area contributed by atoms with Crippen molar-refractivity contribution in [3.05, 3.63) is 23.7 Å². The van der Waals surface area contributed by atoms with E-state index in [0.29, 0.717) is 12.3 Å². The Morgan fingerprint density at radius 1 is 1.67 bits per heavy atom. The molecule has 0 saturated heterocycles. The molecule has 1 fully saturated rings. The first-order chi connectivity index (χ1) is 5.81. The van der Waals surface area contributed by atoms with Crippen molar-refractivity contribution in [1.29, 1.82) is 5.26 Å². The molecule has 0 radical (unpaired) electrons. The highest BCUT2D eigenvalue weighted by molar-refractivity contribution is 5.18. The Morgan fingerprint density at radius 3 is 3.00 bits per heavy atom. The third-order valence-electron chi connectivity index (χ3n) is 2.41. The zero-order valence-corrected chi connectivity index (χ0v) is 7.08. The summed E-state index contributed by atoms with van der Waals surface area (Å²) in [6.45, 7) is 2.22. The van der Waals surface area contributed by atoms with Crippen LogP contribution in [0.3, 0.4) is 0 Å². The Morgan fingerprint density at radius 2 is 2.42 bits per heavy atom. The average Bonchev–Trinajstić information content (AvgIpc) is 2.62. The van der Waals surface area contributed by atoms with Gasteiger partial charge in [-0.3, -0.25) is 0 Å². The topological polar surface area (TPSA) is 36.9 Å². The lowest BCUT2D eigenvalue weighted by Crippen LogP contribution is -1.76. The molecule has 2 rings (SSSR count). The highest BCUT2D eigenvalue weighted by Gasteiger charge is 2.36. The van der Waals surface area contributed by atoms with Gasteiger partial charge in [-0.25, -0.2) is 0 Å². The van der Waals surface area contributed by atoms with Crippen LogP contribution in [0, 0.1) is 17.2 Å². The van der Waals surface area contributed by atoms with Crippen molar-refractivity contribution >= 4 is 0 Å². The van der Waals surface area contributed by atoms with Crippen LogP contribution in [0.1, 0.15) is 30.8 Å². The zero-order valence-electron chi connectivity index (χ0n) is 7.08. The van der Waals surface area contributed by atoms with Gasteiger partial charge in [-0.2, -0.15) is 5.26 Å². The standard InChI is InChI=1S/C10H11NO/c1-7-6-9(7)10-3-2-8(12-10)4-5-11/h2-3,7,9H,4,6H2,1H3. The van der Waals surface area contributed by atoms with Gasteiger partial charge in [0.25, 0.3) is 0 Å². The molecule has 1 aliphatic carbocycles. The first-order valence-electron chi connectivity index (χ1n) is 4.27. The van der Waals surface area contributed by atoms with Gasteiger partial charge >= 0.3 is 0 Å². The number of hydrogen-bond donors (Lipinski definition) is 0. The number of nitriles is 1. The lowest BCUT2D eigenvalue weighted by molar-refractivity contribution is 0.472. The van der Waals surface area contributed by atoms with Crippen LogP contribution in [-0.4, -0.2) is 0 Å². The van der Waals surface area contributed by atoms with Crippen LogP contribution >= 0.6 is 0 Å². The maximum Gasteiger partial charge on any atom is 0.118 e. The van der Waals surface area contributed by atoms with Crippen LogP contribution in [-0.2, 0) is 6.42 Å². The molecule has 1 aliphatic rings. The van der Waals surface area contributed by atoms with Crippen molar-refractivity contribution in [2.75, 3.05) is 0 Å². The number of hydrogen-bond acceptors (Lipinski definition) is 2. The van der Waals surface area contributed by atoms with Gasteiger partial charge < -0.3 is 4.42 Å². The molecular weight excluding hydrogens is 150 g/mol. The van der Waals surface area contributed by atoms with Gasteiger partial charge in [0.1, 0.15) is 11.5 Å². The highest BCUT2D eigenvalue weighted by atomic mass is 16.3. The maximum absolute atomic E-state index is 8.43. The van der Waals surface area contributed by atoms with Crippen LogP contribution in [0.25, 0.3) is 0 Å². The van der Waals surface area contributed by atoms with E-state index in [0.717, 1.165) is 17.4 Å². The van der Waals surface area contributed by atoms with Crippen molar-refractivity contribution < 1.29 is 4.42 Å². The molecule has 0 spiro atoms. The number of furan rings is 1. The molecule has 62 valence electrons. The number of nitrogens with zero attached hydrogens (tertiary/aromatic N) is 1. The maximum atomic E-state index is 8.43. The summed E-state index contributed by atoms with van der Waals surface area (Å²) in [5.41, 5.74) is 0. The van der Waals surface area contributed by atoms with Crippen LogP contribution in [0.2, 0.25) is 0 Å². The Bertz CT molecular complexity index is 321. The van der Waals surface area contributed by atoms with E-state index in [1.165, 1.54) is 6.42 Å². The highest BCUT2D eigenvalue weighted by Crippen LogP contribution is 2.47. The Hall–Kier alpha value is -1.23. The van der Waals surface area contributed by atoms with Crippen LogP contribution in [0.4, 0.5) is 0 Å². The van der Waals surface area contributed by atoms with E-state index in [1.807, 2.05) is 12.1 Å². The summed E-state index contributed by atoms with van der Waals surface area (Å²) in [5.74, 6) is 3.25. The second-order valence-corrected chi connectivity index (χ2v) is 3.46. The van der Waals surface area contributed by atoms with Gasteiger partial charge in [-0.05, 0) is 24.5 Å². The van der Waals surface area contributed by atoms with E-state index in [1.54, 1.807) is 0 Å². The van der Waals surface area contributed by atoms with Gasteiger partial charge in [-0.1, -0.05) is 6.92 Å². The third kappa shape index (κ3) is 1.23. The summed E-state index contributed by atoms with van der Waals surface area (Å²) < 4.78 is 5.50. The largest absolute Gasteiger partial charge is 0.465 e. The first kappa shape index (κ1) is 7.42. The molecule has 0 bridgehead atoms. The monoisotopic (exact) mass is 161 g/mol. The Kier molecular flexibility index (Phi) is 1.65. The van der Waals surface area contributed by atoms with Crippen LogP contribution in [0.15, 0.2) is 16.5 Å². The van der Waals surface area contributed by atoms with Crippen molar-refractivity contribution in [3.8, 4) is 6.07 Å². The molecule has 1 heterocycles. The molecule has 2 nitrogen and oxygen atoms in total. The predicted octanol–water partition coefficient (Wildman–Crippen LogP) is 2.47. The predicted molar refractivity (Wildman–Crippen MR) is 44.5 cm³/mol. The fourth-order valence-electron chi connectivity index (χ4n) is 1.49. The lowest BCUT2D eigenvalue weighted by Gasteiger charge is -1.89. The van der Waals surface area contributed by atoms with E-state index in [-0.39, 0.29) is 0 Å². The zero-order chi connectivity index (χ0) is 8.55. The molecule has 0 aliphatic heterocycles. The minimum atomic E-state index is 0.390. The van der Waals surface area contributed by atoms with Gasteiger partial charge in [-0.15, -0.1) is 0 Å². The quantitative estimate of drug-likeness (QED) is 0.668. The van der Waals surface area contributed by atoms with E-state index < -0.39 is 0 Å². The molecular formula is C10H11NO. The number of rotatable bonds is 2. The molecule has 2 atom stereocenters. The summed E-state index contributed by atoms with van der Waals surface area (Å²) >= 11 is 0. The fourth-order valence-corrected chi connectivity index (χ4v) is 1.49. The van der Waals surface area contributed by atoms with Crippen molar-refractivity contribution in [1.82, 2.24) is 0 Å². The fraction of sp³-hybridized carbons (Fsp3) is 0.500. The summed E-state index contributed by atoms with van der Waals surface area (Å²) in [5, 5.41) is 8.43. The smallest absolute Gasteiger partial charge is 0.118 e. The van der Waals surface area contributed by atoms with Gasteiger partial charge in [0.05, 0.1) is 12.5 Å². The lowest BCUT2D eigenvalue weighted by atomic mass is 10.3. The van der Waals surface area contributed by atoms with Crippen molar-refractivity contribution in [3.63, 3.8) is 0 Å². The second kappa shape index (κ2) is 2.67. The molecule has 2 heteroatoms. The summed E-state index contributed by atoms with van der Waals surface area (Å²) in [6, 6.07) is 5.98. The second-order valence-electron chi connectivity index (χ2n) is 3.46. The van der Waals surface area contributed by atoms with Crippen LogP contribution < -0.4 is 0 Å². The summed E-state index contributed by atoms with van der Waals surface area (Å²) in [4.78, 5) is 0. The van der Waals surface area contributed by atoms with E-state index in [2.05, 4.69) is 13.0 Å². The molecule has 0 amide bonds. The van der Waals surface area contributed by atoms with Gasteiger partial charge in [0, 0.05) is 5.92 Å². The normalized spacial score (nSPS) is 26.7. The van der Waals surface area contributed by atoms with Gasteiger partial charge in [0.2, 0.25) is 0 Å². The summed E-state index contributed by atoms with van der Waals surface area (Å²) in [7, 11) is 0. The Balaban J connectivity index is 2.10. The average molecular weight is 161 g/mol. The first-order valence-corrected chi connectivity index (χ1v) is 4.27. The van der Waals surface area contributed by atoms with Gasteiger partial charge in [0.15, 0.2) is 0 Å². The molecule has 0 N–H and O–H groups in total. The molecule has 0 aromatic carbocycles. The minimum absolute atomic E-state index is 0.390. The molecule has 1 aromatic rings. The Labute approximate surface area is 71.8 Å².